The molecule has 1 rings (SSSR count). The normalized spacial score (nSPS) is 13.1. The van der Waals surface area contributed by atoms with E-state index in [9.17, 15) is 13.5 Å². The summed E-state index contributed by atoms with van der Waals surface area (Å²) in [5, 5.41) is 9.39. The summed E-state index contributed by atoms with van der Waals surface area (Å²) in [7, 11) is -2.75. The van der Waals surface area contributed by atoms with Crippen molar-refractivity contribution in [3.05, 3.63) is 24.3 Å². The molecule has 1 aromatic rings. The zero-order chi connectivity index (χ0) is 13.6. The maximum atomic E-state index is 10.4. The Labute approximate surface area is 105 Å². The summed E-state index contributed by atoms with van der Waals surface area (Å²) >= 11 is 0. The number of hydrogen-bond acceptors (Lipinski definition) is 5. The van der Waals surface area contributed by atoms with Crippen LogP contribution >= 0.6 is 0 Å². The van der Waals surface area contributed by atoms with Gasteiger partial charge in [-0.25, -0.2) is 0 Å². The largest absolute Gasteiger partial charge is 0.497 e. The lowest BCUT2D eigenvalue weighted by Crippen LogP contribution is -2.34. The van der Waals surface area contributed by atoms with E-state index in [4.69, 9.17) is 14.0 Å². The molecule has 0 saturated carbocycles. The second kappa shape index (κ2) is 6.55. The third-order valence-electron chi connectivity index (χ3n) is 2.00. The van der Waals surface area contributed by atoms with E-state index in [1.165, 1.54) is 0 Å². The first kappa shape index (κ1) is 14.7. The van der Waals surface area contributed by atoms with Crippen molar-refractivity contribution in [1.29, 1.82) is 0 Å². The molecule has 3 N–H and O–H groups in total. The number of ether oxygens (including phenoxy) is 2. The molecule has 18 heavy (non-hydrogen) atoms. The Bertz CT molecular complexity index is 458. The third kappa shape index (κ3) is 5.82. The molecule has 0 spiro atoms. The molecule has 0 aliphatic rings. The standard InChI is InChI=1S/C10H15NO6S/c1-16-9-2-4-10(5-3-9)17-7-8(12)6-11-18(13,14)15/h2-5,8,11-12H,6-7H2,1H3,(H,13,14,15)/t8-/m1/s1. The number of rotatable bonds is 7. The third-order valence-corrected chi connectivity index (χ3v) is 2.53. The minimum Gasteiger partial charge on any atom is -0.497 e. The van der Waals surface area contributed by atoms with Crippen LogP contribution in [0.4, 0.5) is 0 Å². The zero-order valence-electron chi connectivity index (χ0n) is 9.74. The monoisotopic (exact) mass is 277 g/mol. The van der Waals surface area contributed by atoms with Crippen molar-refractivity contribution in [2.24, 2.45) is 0 Å². The molecular weight excluding hydrogens is 262 g/mol. The number of benzene rings is 1. The van der Waals surface area contributed by atoms with Crippen molar-refractivity contribution in [2.75, 3.05) is 20.3 Å². The number of hydrogen-bond donors (Lipinski definition) is 3. The highest BCUT2D eigenvalue weighted by atomic mass is 32.2. The van der Waals surface area contributed by atoms with Crippen LogP contribution in [0.3, 0.4) is 0 Å². The van der Waals surface area contributed by atoms with Gasteiger partial charge < -0.3 is 14.6 Å². The first-order valence-electron chi connectivity index (χ1n) is 5.07. The fourth-order valence-electron chi connectivity index (χ4n) is 1.12. The van der Waals surface area contributed by atoms with E-state index in [2.05, 4.69) is 0 Å². The lowest BCUT2D eigenvalue weighted by molar-refractivity contribution is 0.110. The Morgan fingerprint density at radius 1 is 1.28 bits per heavy atom. The number of aliphatic hydroxyl groups is 1. The predicted octanol–water partition coefficient (Wildman–Crippen LogP) is -0.173. The van der Waals surface area contributed by atoms with Crippen LogP contribution in [-0.2, 0) is 10.3 Å². The van der Waals surface area contributed by atoms with Gasteiger partial charge in [0.2, 0.25) is 0 Å². The maximum Gasteiger partial charge on any atom is 0.333 e. The summed E-state index contributed by atoms with van der Waals surface area (Å²) in [6, 6.07) is 6.69. The number of methoxy groups -OCH3 is 1. The van der Waals surface area contributed by atoms with Crippen molar-refractivity contribution in [3.8, 4) is 11.5 Å². The molecule has 0 amide bonds. The average Bonchev–Trinajstić information content (AvgIpc) is 2.33. The van der Waals surface area contributed by atoms with Gasteiger partial charge in [0.25, 0.3) is 0 Å². The Kier molecular flexibility index (Phi) is 5.35. The summed E-state index contributed by atoms with van der Waals surface area (Å²) in [6.07, 6.45) is -1.06. The highest BCUT2D eigenvalue weighted by molar-refractivity contribution is 7.83. The summed E-state index contributed by atoms with van der Waals surface area (Å²) in [5.74, 6) is 1.19. The van der Waals surface area contributed by atoms with E-state index in [0.717, 1.165) is 0 Å². The molecule has 0 aliphatic carbocycles. The summed E-state index contributed by atoms with van der Waals surface area (Å²) in [6.45, 7) is -0.427. The second-order valence-corrected chi connectivity index (χ2v) is 4.70. The molecule has 0 bridgehead atoms. The van der Waals surface area contributed by atoms with Gasteiger partial charge in [0.1, 0.15) is 24.2 Å². The van der Waals surface area contributed by atoms with Crippen LogP contribution in [-0.4, -0.2) is 44.4 Å². The van der Waals surface area contributed by atoms with Crippen molar-refractivity contribution in [3.63, 3.8) is 0 Å². The van der Waals surface area contributed by atoms with Gasteiger partial charge in [-0.1, -0.05) is 0 Å². The van der Waals surface area contributed by atoms with Gasteiger partial charge >= 0.3 is 10.3 Å². The molecule has 8 heteroatoms. The highest BCUT2D eigenvalue weighted by Crippen LogP contribution is 2.16. The molecule has 0 aliphatic heterocycles. The molecule has 0 unspecified atom stereocenters. The Morgan fingerprint density at radius 3 is 2.33 bits per heavy atom. The van der Waals surface area contributed by atoms with E-state index < -0.39 is 16.4 Å². The molecule has 1 atom stereocenters. The van der Waals surface area contributed by atoms with E-state index in [0.29, 0.717) is 11.5 Å². The van der Waals surface area contributed by atoms with Gasteiger partial charge in [0.15, 0.2) is 0 Å². The Morgan fingerprint density at radius 2 is 1.83 bits per heavy atom. The molecule has 1 aromatic carbocycles. The Balaban J connectivity index is 2.35. The molecular formula is C10H15NO6S. The van der Waals surface area contributed by atoms with Gasteiger partial charge in [-0.15, -0.1) is 0 Å². The quantitative estimate of drug-likeness (QED) is 0.597. The van der Waals surface area contributed by atoms with Gasteiger partial charge in [-0.05, 0) is 24.3 Å². The van der Waals surface area contributed by atoms with Crippen LogP contribution < -0.4 is 14.2 Å². The van der Waals surface area contributed by atoms with E-state index in [1.54, 1.807) is 36.1 Å². The fraction of sp³-hybridized carbons (Fsp3) is 0.400. The fourth-order valence-corrected chi connectivity index (χ4v) is 1.53. The van der Waals surface area contributed by atoms with Crippen LogP contribution in [0, 0.1) is 0 Å². The highest BCUT2D eigenvalue weighted by Gasteiger charge is 2.09. The summed E-state index contributed by atoms with van der Waals surface area (Å²) in [4.78, 5) is 0. The molecule has 0 fully saturated rings. The van der Waals surface area contributed by atoms with Gasteiger partial charge in [0, 0.05) is 6.54 Å². The molecule has 102 valence electrons. The average molecular weight is 277 g/mol. The lowest BCUT2D eigenvalue weighted by Gasteiger charge is -2.12. The van der Waals surface area contributed by atoms with E-state index >= 15 is 0 Å². The van der Waals surface area contributed by atoms with Crippen LogP contribution in [0.25, 0.3) is 0 Å². The summed E-state index contributed by atoms with van der Waals surface area (Å²) in [5.41, 5.74) is 0. The van der Waals surface area contributed by atoms with Crippen LogP contribution in [0.1, 0.15) is 0 Å². The van der Waals surface area contributed by atoms with Crippen molar-refractivity contribution < 1.29 is 27.6 Å². The van der Waals surface area contributed by atoms with E-state index in [1.807, 2.05) is 0 Å². The lowest BCUT2D eigenvalue weighted by atomic mass is 10.3. The van der Waals surface area contributed by atoms with Crippen molar-refractivity contribution in [2.45, 2.75) is 6.10 Å². The number of nitrogens with one attached hydrogen (secondary N) is 1. The predicted molar refractivity (Wildman–Crippen MR) is 64.0 cm³/mol. The van der Waals surface area contributed by atoms with E-state index in [-0.39, 0.29) is 13.2 Å². The van der Waals surface area contributed by atoms with Crippen LogP contribution in [0.15, 0.2) is 24.3 Å². The Hall–Kier alpha value is -1.35. The van der Waals surface area contributed by atoms with Crippen LogP contribution in [0.2, 0.25) is 0 Å². The van der Waals surface area contributed by atoms with Crippen molar-refractivity contribution in [1.82, 2.24) is 4.72 Å². The first-order valence-corrected chi connectivity index (χ1v) is 6.51. The second-order valence-electron chi connectivity index (χ2n) is 3.46. The first-order chi connectivity index (χ1) is 8.40. The van der Waals surface area contributed by atoms with Gasteiger partial charge in [-0.2, -0.15) is 13.1 Å². The van der Waals surface area contributed by atoms with Crippen molar-refractivity contribution >= 4 is 10.3 Å². The number of aliphatic hydroxyl groups excluding tert-OH is 1. The molecule has 7 nitrogen and oxygen atoms in total. The smallest absolute Gasteiger partial charge is 0.333 e. The topological polar surface area (TPSA) is 105 Å². The minimum absolute atomic E-state index is 0.102. The molecule has 0 radical (unpaired) electrons. The zero-order valence-corrected chi connectivity index (χ0v) is 10.6. The molecule has 0 saturated heterocycles. The molecule has 0 aromatic heterocycles. The van der Waals surface area contributed by atoms with Crippen LogP contribution in [0.5, 0.6) is 11.5 Å². The maximum absolute atomic E-state index is 10.4. The summed E-state index contributed by atoms with van der Waals surface area (Å²) < 4.78 is 41.0. The SMILES string of the molecule is COc1ccc(OC[C@H](O)CNS(=O)(=O)O)cc1. The minimum atomic E-state index is -4.29. The van der Waals surface area contributed by atoms with Gasteiger partial charge in [-0.3, -0.25) is 4.55 Å². The van der Waals surface area contributed by atoms with Gasteiger partial charge in [0.05, 0.1) is 7.11 Å². The molecule has 0 heterocycles.